The first-order valence-electron chi connectivity index (χ1n) is 9.83. The van der Waals surface area contributed by atoms with Gasteiger partial charge >= 0.3 is 0 Å². The second-order valence-corrected chi connectivity index (χ2v) is 7.08. The molecule has 2 aliphatic heterocycles. The lowest BCUT2D eigenvalue weighted by Crippen LogP contribution is -2.43. The van der Waals surface area contributed by atoms with Gasteiger partial charge in [0, 0.05) is 52.4 Å². The molecule has 0 unspecified atom stereocenters. The first kappa shape index (κ1) is 20.5. The molecule has 2 aromatic rings. The number of nitrogens with one attached hydrogen (secondary N) is 1. The van der Waals surface area contributed by atoms with Gasteiger partial charge in [0.25, 0.3) is 0 Å². The van der Waals surface area contributed by atoms with Gasteiger partial charge in [0.15, 0.2) is 0 Å². The molecule has 28 heavy (non-hydrogen) atoms. The first-order valence-corrected chi connectivity index (χ1v) is 9.83. The molecular formula is C20H31N7O. The van der Waals surface area contributed by atoms with Crippen LogP contribution in [0.5, 0.6) is 0 Å². The zero-order valence-corrected chi connectivity index (χ0v) is 16.4. The number of hydrogen-bond acceptors (Lipinski definition) is 8. The average molecular weight is 386 g/mol. The lowest BCUT2D eigenvalue weighted by Gasteiger charge is -2.26. The van der Waals surface area contributed by atoms with E-state index in [1.165, 1.54) is 0 Å². The minimum Gasteiger partial charge on any atom is -0.397 e. The van der Waals surface area contributed by atoms with E-state index in [4.69, 9.17) is 16.2 Å². The van der Waals surface area contributed by atoms with Gasteiger partial charge in [-0.25, -0.2) is 0 Å². The van der Waals surface area contributed by atoms with Crippen LogP contribution in [0.3, 0.4) is 0 Å². The van der Waals surface area contributed by atoms with Crippen LogP contribution < -0.4 is 16.8 Å². The van der Waals surface area contributed by atoms with Crippen molar-refractivity contribution in [3.8, 4) is 0 Å². The third-order valence-electron chi connectivity index (χ3n) is 4.78. The molecule has 2 saturated heterocycles. The van der Waals surface area contributed by atoms with Gasteiger partial charge in [0.05, 0.1) is 48.4 Å². The summed E-state index contributed by atoms with van der Waals surface area (Å²) < 4.78 is 5.27. The molecule has 0 amide bonds. The van der Waals surface area contributed by atoms with Crippen molar-refractivity contribution < 1.29 is 4.74 Å². The number of piperazine rings is 1. The molecule has 0 bridgehead atoms. The maximum Gasteiger partial charge on any atom is 0.0594 e. The van der Waals surface area contributed by atoms with Crippen LogP contribution in [0.2, 0.25) is 0 Å². The highest BCUT2D eigenvalue weighted by molar-refractivity contribution is 5.35. The molecule has 2 fully saturated rings. The van der Waals surface area contributed by atoms with E-state index >= 15 is 0 Å². The summed E-state index contributed by atoms with van der Waals surface area (Å²) in [6.45, 7) is 9.83. The Morgan fingerprint density at radius 1 is 0.786 bits per heavy atom. The lowest BCUT2D eigenvalue weighted by atomic mass is 10.3. The van der Waals surface area contributed by atoms with Gasteiger partial charge in [-0.05, 0) is 24.3 Å². The summed E-state index contributed by atoms with van der Waals surface area (Å²) >= 11 is 0. The van der Waals surface area contributed by atoms with E-state index < -0.39 is 0 Å². The van der Waals surface area contributed by atoms with Crippen LogP contribution in [0.1, 0.15) is 11.4 Å². The molecule has 5 N–H and O–H groups in total. The Labute approximate surface area is 166 Å². The van der Waals surface area contributed by atoms with E-state index in [9.17, 15) is 0 Å². The Morgan fingerprint density at radius 3 is 1.75 bits per heavy atom. The van der Waals surface area contributed by atoms with Crippen LogP contribution in [0.4, 0.5) is 11.4 Å². The van der Waals surface area contributed by atoms with E-state index in [1.54, 1.807) is 12.4 Å². The number of anilines is 2. The largest absolute Gasteiger partial charge is 0.397 e. The molecule has 4 heterocycles. The van der Waals surface area contributed by atoms with Gasteiger partial charge in [0.2, 0.25) is 0 Å². The minimum absolute atomic E-state index is 0.718. The minimum atomic E-state index is 0.718. The van der Waals surface area contributed by atoms with Gasteiger partial charge in [-0.3, -0.25) is 19.8 Å². The topological polar surface area (TPSA) is 106 Å². The van der Waals surface area contributed by atoms with Crippen molar-refractivity contribution in [3.05, 3.63) is 48.0 Å². The van der Waals surface area contributed by atoms with Gasteiger partial charge in [0.1, 0.15) is 0 Å². The lowest BCUT2D eigenvalue weighted by molar-refractivity contribution is 0.0336. The molecular weight excluding hydrogens is 354 g/mol. The van der Waals surface area contributed by atoms with Gasteiger partial charge in [-0.1, -0.05) is 0 Å². The van der Waals surface area contributed by atoms with Crippen LogP contribution in [0.15, 0.2) is 36.7 Å². The standard InChI is InChI=1S/C10H16N4.C10H15N3O/c11-9-1-2-10(13-7-9)8-14-5-3-12-4-6-14;11-9-1-2-10(12-7-9)8-13-3-5-14-6-4-13/h1-2,7,12H,3-6,8,11H2;1-2,7H,3-6,8,11H2. The van der Waals surface area contributed by atoms with E-state index in [0.29, 0.717) is 0 Å². The number of aromatic nitrogens is 2. The zero-order chi connectivity index (χ0) is 19.6. The Kier molecular flexibility index (Phi) is 7.98. The fraction of sp³-hybridized carbons (Fsp3) is 0.500. The molecule has 2 aromatic heterocycles. The van der Waals surface area contributed by atoms with E-state index in [-0.39, 0.29) is 0 Å². The zero-order valence-electron chi connectivity index (χ0n) is 16.4. The van der Waals surface area contributed by atoms with Crippen LogP contribution >= 0.6 is 0 Å². The first-order chi connectivity index (χ1) is 13.7. The summed E-state index contributed by atoms with van der Waals surface area (Å²) in [5.41, 5.74) is 14.8. The van der Waals surface area contributed by atoms with E-state index in [0.717, 1.165) is 88.3 Å². The highest BCUT2D eigenvalue weighted by Gasteiger charge is 2.11. The van der Waals surface area contributed by atoms with Crippen molar-refractivity contribution >= 4 is 11.4 Å². The number of hydrogen-bond donors (Lipinski definition) is 3. The van der Waals surface area contributed by atoms with Crippen molar-refractivity contribution in [1.82, 2.24) is 25.1 Å². The van der Waals surface area contributed by atoms with Gasteiger partial charge in [-0.15, -0.1) is 0 Å². The van der Waals surface area contributed by atoms with Crippen molar-refractivity contribution in [1.29, 1.82) is 0 Å². The fourth-order valence-corrected chi connectivity index (χ4v) is 3.15. The summed E-state index contributed by atoms with van der Waals surface area (Å²) in [7, 11) is 0. The predicted molar refractivity (Wildman–Crippen MR) is 112 cm³/mol. The Balaban J connectivity index is 0.000000161. The number of nitrogens with two attached hydrogens (primary N) is 2. The van der Waals surface area contributed by atoms with E-state index in [1.807, 2.05) is 24.3 Å². The molecule has 0 aromatic carbocycles. The molecule has 152 valence electrons. The number of morpholine rings is 1. The summed E-state index contributed by atoms with van der Waals surface area (Å²) in [6.07, 6.45) is 3.42. The normalized spacial score (nSPS) is 18.3. The van der Waals surface area contributed by atoms with Crippen molar-refractivity contribution in [2.75, 3.05) is 63.9 Å². The number of pyridine rings is 2. The molecule has 2 aliphatic rings. The molecule has 8 nitrogen and oxygen atoms in total. The third-order valence-corrected chi connectivity index (χ3v) is 4.78. The van der Waals surface area contributed by atoms with E-state index in [2.05, 4.69) is 25.1 Å². The Morgan fingerprint density at radius 2 is 1.29 bits per heavy atom. The summed E-state index contributed by atoms with van der Waals surface area (Å²) in [5, 5.41) is 3.33. The second kappa shape index (κ2) is 10.9. The monoisotopic (exact) mass is 385 g/mol. The quantitative estimate of drug-likeness (QED) is 0.701. The van der Waals surface area contributed by atoms with Gasteiger partial charge in [-0.2, -0.15) is 0 Å². The van der Waals surface area contributed by atoms with Crippen LogP contribution in [-0.4, -0.2) is 72.3 Å². The maximum atomic E-state index is 5.57. The smallest absolute Gasteiger partial charge is 0.0594 e. The number of rotatable bonds is 4. The van der Waals surface area contributed by atoms with Crippen LogP contribution in [0.25, 0.3) is 0 Å². The highest BCUT2D eigenvalue weighted by Crippen LogP contribution is 2.07. The average Bonchev–Trinajstić information content (AvgIpc) is 2.74. The molecule has 4 rings (SSSR count). The Bertz CT molecular complexity index is 619. The SMILES string of the molecule is Nc1ccc(CN2CCNCC2)nc1.Nc1ccc(CN2CCOCC2)nc1. The van der Waals surface area contributed by atoms with Crippen LogP contribution in [0, 0.1) is 0 Å². The van der Waals surface area contributed by atoms with Crippen LogP contribution in [-0.2, 0) is 17.8 Å². The second-order valence-electron chi connectivity index (χ2n) is 7.08. The highest BCUT2D eigenvalue weighted by atomic mass is 16.5. The van der Waals surface area contributed by atoms with Gasteiger partial charge < -0.3 is 21.5 Å². The fourth-order valence-electron chi connectivity index (χ4n) is 3.15. The number of ether oxygens (including phenoxy) is 1. The molecule has 0 spiro atoms. The Hall–Kier alpha value is -2.26. The van der Waals surface area contributed by atoms with Crippen molar-refractivity contribution in [2.45, 2.75) is 13.1 Å². The molecule has 0 atom stereocenters. The molecule has 8 heteroatoms. The number of nitrogen functional groups attached to an aromatic ring is 2. The summed E-state index contributed by atoms with van der Waals surface area (Å²) in [4.78, 5) is 13.3. The molecule has 0 saturated carbocycles. The summed E-state index contributed by atoms with van der Waals surface area (Å²) in [6, 6.07) is 7.77. The predicted octanol–water partition coefficient (Wildman–Crippen LogP) is 0.565. The number of nitrogens with zero attached hydrogens (tertiary/aromatic N) is 4. The third kappa shape index (κ3) is 7.05. The summed E-state index contributed by atoms with van der Waals surface area (Å²) in [5.74, 6) is 0. The molecule has 0 radical (unpaired) electrons. The van der Waals surface area contributed by atoms with Crippen molar-refractivity contribution in [3.63, 3.8) is 0 Å². The van der Waals surface area contributed by atoms with Crippen molar-refractivity contribution in [2.24, 2.45) is 0 Å². The molecule has 0 aliphatic carbocycles. The maximum absolute atomic E-state index is 5.57.